The van der Waals surface area contributed by atoms with Crippen molar-refractivity contribution in [1.29, 1.82) is 0 Å². The summed E-state index contributed by atoms with van der Waals surface area (Å²) in [6, 6.07) is 3.83. The van der Waals surface area contributed by atoms with Crippen LogP contribution in [0.25, 0.3) is 0 Å². The van der Waals surface area contributed by atoms with Crippen LogP contribution < -0.4 is 5.32 Å². The molecule has 1 aliphatic carbocycles. The van der Waals surface area contributed by atoms with Gasteiger partial charge in [0, 0.05) is 17.9 Å². The molecule has 1 aromatic rings. The van der Waals surface area contributed by atoms with Crippen molar-refractivity contribution in [3.8, 4) is 0 Å². The molecule has 4 nitrogen and oxygen atoms in total. The Kier molecular flexibility index (Phi) is 3.55. The van der Waals surface area contributed by atoms with Crippen LogP contribution in [0, 0.1) is 5.41 Å². The normalized spacial score (nSPS) is 22.4. The molecular weight excluding hydrogens is 228 g/mol. The van der Waals surface area contributed by atoms with E-state index in [1.165, 1.54) is 19.3 Å². The molecule has 1 fully saturated rings. The van der Waals surface area contributed by atoms with Crippen molar-refractivity contribution >= 4 is 11.7 Å². The van der Waals surface area contributed by atoms with Gasteiger partial charge in [-0.15, -0.1) is 0 Å². The highest BCUT2D eigenvalue weighted by molar-refractivity contribution is 5.86. The molecule has 1 atom stereocenters. The van der Waals surface area contributed by atoms with Gasteiger partial charge < -0.3 is 10.4 Å². The number of aromatic carboxylic acids is 1. The third kappa shape index (κ3) is 2.81. The first kappa shape index (κ1) is 12.9. The second-order valence-electron chi connectivity index (χ2n) is 5.67. The molecule has 2 rings (SSSR count). The number of hydrogen-bond acceptors (Lipinski definition) is 3. The molecule has 1 aliphatic rings. The minimum absolute atomic E-state index is 0.0913. The fourth-order valence-electron chi connectivity index (χ4n) is 2.60. The minimum Gasteiger partial charge on any atom is -0.477 e. The Bertz CT molecular complexity index is 443. The lowest BCUT2D eigenvalue weighted by atomic mass is 9.73. The van der Waals surface area contributed by atoms with Gasteiger partial charge in [-0.25, -0.2) is 9.78 Å². The van der Waals surface area contributed by atoms with Crippen molar-refractivity contribution in [1.82, 2.24) is 4.98 Å². The summed E-state index contributed by atoms with van der Waals surface area (Å²) in [5, 5.41) is 12.4. The Morgan fingerprint density at radius 1 is 1.50 bits per heavy atom. The summed E-state index contributed by atoms with van der Waals surface area (Å²) in [5.41, 5.74) is 1.20. The van der Waals surface area contributed by atoms with Gasteiger partial charge in [0.25, 0.3) is 0 Å². The van der Waals surface area contributed by atoms with E-state index in [-0.39, 0.29) is 11.1 Å². The second-order valence-corrected chi connectivity index (χ2v) is 5.67. The zero-order chi connectivity index (χ0) is 13.2. The Hall–Kier alpha value is -1.58. The number of rotatable bonds is 3. The Labute approximate surface area is 107 Å². The smallest absolute Gasteiger partial charge is 0.354 e. The maximum Gasteiger partial charge on any atom is 0.354 e. The van der Waals surface area contributed by atoms with Gasteiger partial charge in [-0.3, -0.25) is 0 Å². The number of nitrogens with zero attached hydrogens (tertiary/aromatic N) is 1. The van der Waals surface area contributed by atoms with Crippen molar-refractivity contribution in [2.75, 3.05) is 5.32 Å². The van der Waals surface area contributed by atoms with Gasteiger partial charge in [-0.1, -0.05) is 26.7 Å². The largest absolute Gasteiger partial charge is 0.477 e. The summed E-state index contributed by atoms with van der Waals surface area (Å²) in [6.45, 7) is 4.53. The molecule has 1 heterocycles. The molecule has 1 unspecified atom stereocenters. The van der Waals surface area contributed by atoms with E-state index in [4.69, 9.17) is 5.11 Å². The van der Waals surface area contributed by atoms with Gasteiger partial charge in [0.05, 0.1) is 0 Å². The van der Waals surface area contributed by atoms with Crippen molar-refractivity contribution < 1.29 is 9.90 Å². The molecule has 0 aromatic carbocycles. The van der Waals surface area contributed by atoms with Gasteiger partial charge in [-0.05, 0) is 30.4 Å². The first-order valence-corrected chi connectivity index (χ1v) is 6.45. The fourth-order valence-corrected chi connectivity index (χ4v) is 2.60. The number of aromatic nitrogens is 1. The van der Waals surface area contributed by atoms with Crippen molar-refractivity contribution in [2.45, 2.75) is 45.6 Å². The van der Waals surface area contributed by atoms with Crippen molar-refractivity contribution in [2.24, 2.45) is 5.41 Å². The number of carboxylic acid groups (broad SMARTS) is 1. The Balaban J connectivity index is 2.13. The standard InChI is InChI=1S/C14H20N2O2/c1-14(2)7-4-3-5-12(14)16-10-6-8-15-11(9-10)13(17)18/h6,8-9,12H,3-5,7H2,1-2H3,(H,15,16)(H,17,18). The molecule has 0 amide bonds. The van der Waals surface area contributed by atoms with Gasteiger partial charge in [0.15, 0.2) is 0 Å². The lowest BCUT2D eigenvalue weighted by Crippen LogP contribution is -2.38. The molecule has 18 heavy (non-hydrogen) atoms. The average molecular weight is 248 g/mol. The van der Waals surface area contributed by atoms with Crippen LogP contribution in [0.4, 0.5) is 5.69 Å². The Morgan fingerprint density at radius 2 is 2.28 bits per heavy atom. The topological polar surface area (TPSA) is 62.2 Å². The summed E-state index contributed by atoms with van der Waals surface area (Å²) >= 11 is 0. The van der Waals surface area contributed by atoms with E-state index in [2.05, 4.69) is 24.1 Å². The van der Waals surface area contributed by atoms with Crippen molar-refractivity contribution in [3.05, 3.63) is 24.0 Å². The lowest BCUT2D eigenvalue weighted by Gasteiger charge is -2.39. The number of pyridine rings is 1. The number of carbonyl (C=O) groups is 1. The zero-order valence-corrected chi connectivity index (χ0v) is 10.9. The minimum atomic E-state index is -0.985. The number of carboxylic acids is 1. The summed E-state index contributed by atoms with van der Waals surface area (Å²) in [5.74, 6) is -0.985. The second kappa shape index (κ2) is 4.96. The average Bonchev–Trinajstić information content (AvgIpc) is 2.32. The molecule has 0 spiro atoms. The van der Waals surface area contributed by atoms with Gasteiger partial charge >= 0.3 is 5.97 Å². The van der Waals surface area contributed by atoms with E-state index in [0.717, 1.165) is 12.1 Å². The van der Waals surface area contributed by atoms with Crippen LogP contribution in [-0.4, -0.2) is 22.1 Å². The van der Waals surface area contributed by atoms with Crippen LogP contribution >= 0.6 is 0 Å². The van der Waals surface area contributed by atoms with Gasteiger partial charge in [0.2, 0.25) is 0 Å². The molecular formula is C14H20N2O2. The SMILES string of the molecule is CC1(C)CCCCC1Nc1ccnc(C(=O)O)c1. The molecule has 1 aromatic heterocycles. The molecule has 0 bridgehead atoms. The molecule has 4 heteroatoms. The monoisotopic (exact) mass is 248 g/mol. The van der Waals surface area contributed by atoms with Crippen LogP contribution in [0.5, 0.6) is 0 Å². The van der Waals surface area contributed by atoms with Crippen molar-refractivity contribution in [3.63, 3.8) is 0 Å². The molecule has 0 saturated heterocycles. The summed E-state index contributed by atoms with van der Waals surface area (Å²) in [7, 11) is 0. The van der Waals surface area contributed by atoms with Crippen LogP contribution in [0.1, 0.15) is 50.0 Å². The fraction of sp³-hybridized carbons (Fsp3) is 0.571. The lowest BCUT2D eigenvalue weighted by molar-refractivity contribution is 0.0690. The Morgan fingerprint density at radius 3 is 2.94 bits per heavy atom. The zero-order valence-electron chi connectivity index (χ0n) is 10.9. The quantitative estimate of drug-likeness (QED) is 0.862. The van der Waals surface area contributed by atoms with Crippen LogP contribution in [0.2, 0.25) is 0 Å². The third-order valence-corrected chi connectivity index (χ3v) is 3.83. The molecule has 1 saturated carbocycles. The molecule has 2 N–H and O–H groups in total. The predicted molar refractivity (Wildman–Crippen MR) is 70.9 cm³/mol. The first-order chi connectivity index (χ1) is 8.49. The summed E-state index contributed by atoms with van der Waals surface area (Å²) in [4.78, 5) is 14.7. The van der Waals surface area contributed by atoms with Crippen LogP contribution in [0.3, 0.4) is 0 Å². The van der Waals surface area contributed by atoms with E-state index >= 15 is 0 Å². The number of nitrogens with one attached hydrogen (secondary N) is 1. The first-order valence-electron chi connectivity index (χ1n) is 6.45. The highest BCUT2D eigenvalue weighted by Gasteiger charge is 2.32. The van der Waals surface area contributed by atoms with Gasteiger partial charge in [-0.2, -0.15) is 0 Å². The number of anilines is 1. The van der Waals surface area contributed by atoms with E-state index in [1.54, 1.807) is 12.3 Å². The predicted octanol–water partition coefficient (Wildman–Crippen LogP) is 3.16. The highest BCUT2D eigenvalue weighted by Crippen LogP contribution is 2.37. The van der Waals surface area contributed by atoms with Crippen LogP contribution in [0.15, 0.2) is 18.3 Å². The number of hydrogen-bond donors (Lipinski definition) is 2. The maximum atomic E-state index is 10.9. The van der Waals surface area contributed by atoms with Crippen LogP contribution in [-0.2, 0) is 0 Å². The maximum absolute atomic E-state index is 10.9. The third-order valence-electron chi connectivity index (χ3n) is 3.83. The van der Waals surface area contributed by atoms with E-state index in [9.17, 15) is 4.79 Å². The van der Waals surface area contributed by atoms with E-state index in [1.807, 2.05) is 6.07 Å². The highest BCUT2D eigenvalue weighted by atomic mass is 16.4. The summed E-state index contributed by atoms with van der Waals surface area (Å²) < 4.78 is 0. The van der Waals surface area contributed by atoms with E-state index < -0.39 is 5.97 Å². The molecule has 0 aliphatic heterocycles. The summed E-state index contributed by atoms with van der Waals surface area (Å²) in [6.07, 6.45) is 6.40. The molecule has 98 valence electrons. The van der Waals surface area contributed by atoms with Gasteiger partial charge in [0.1, 0.15) is 5.69 Å². The molecule has 0 radical (unpaired) electrons. The van der Waals surface area contributed by atoms with E-state index in [0.29, 0.717) is 6.04 Å².